The van der Waals surface area contributed by atoms with Crippen molar-refractivity contribution in [3.8, 4) is 0 Å². The predicted octanol–water partition coefficient (Wildman–Crippen LogP) is 5.44. The van der Waals surface area contributed by atoms with E-state index in [0.29, 0.717) is 5.92 Å². The van der Waals surface area contributed by atoms with Gasteiger partial charge in [0, 0.05) is 30.4 Å². The summed E-state index contributed by atoms with van der Waals surface area (Å²) in [4.78, 5) is 4.19. The lowest BCUT2D eigenvalue weighted by atomic mass is 9.86. The molecule has 1 aliphatic heterocycles. The largest absolute Gasteiger partial charge is 0.298 e. The Morgan fingerprint density at radius 1 is 1.00 bits per heavy atom. The molecule has 1 unspecified atom stereocenters. The highest BCUT2D eigenvalue weighted by Gasteiger charge is 2.25. The molecule has 0 fully saturated rings. The lowest BCUT2D eigenvalue weighted by Crippen LogP contribution is -2.35. The molecule has 128 valence electrons. The summed E-state index contributed by atoms with van der Waals surface area (Å²) in [5.41, 5.74) is 5.96. The fraction of sp³-hybridized carbons (Fsp3) is 0.304. The smallest absolute Gasteiger partial charge is 0.0236 e. The van der Waals surface area contributed by atoms with Gasteiger partial charge in [-0.15, -0.1) is 11.3 Å². The van der Waals surface area contributed by atoms with E-state index in [9.17, 15) is 0 Å². The second kappa shape index (κ2) is 7.55. The van der Waals surface area contributed by atoms with Gasteiger partial charge >= 0.3 is 0 Å². The zero-order valence-corrected chi connectivity index (χ0v) is 15.6. The summed E-state index contributed by atoms with van der Waals surface area (Å²) in [6.45, 7) is 5.64. The molecule has 1 atom stereocenters. The number of benzene rings is 2. The number of rotatable bonds is 5. The zero-order valence-electron chi connectivity index (χ0n) is 14.8. The minimum atomic E-state index is 0.609. The molecule has 0 spiro atoms. The van der Waals surface area contributed by atoms with E-state index < -0.39 is 0 Å². The van der Waals surface area contributed by atoms with Gasteiger partial charge in [0.1, 0.15) is 0 Å². The maximum absolute atomic E-state index is 2.64. The Morgan fingerprint density at radius 3 is 2.60 bits per heavy atom. The molecule has 2 heteroatoms. The molecule has 3 aromatic rings. The van der Waals surface area contributed by atoms with E-state index in [-0.39, 0.29) is 0 Å². The summed E-state index contributed by atoms with van der Waals surface area (Å²) in [7, 11) is 0. The molecule has 0 saturated carbocycles. The number of aryl methyl sites for hydroxylation is 1. The maximum Gasteiger partial charge on any atom is 0.0236 e. The monoisotopic (exact) mass is 347 g/mol. The van der Waals surface area contributed by atoms with Crippen molar-refractivity contribution in [3.05, 3.63) is 93.2 Å². The minimum absolute atomic E-state index is 0.609. The van der Waals surface area contributed by atoms with Gasteiger partial charge in [0.2, 0.25) is 0 Å². The van der Waals surface area contributed by atoms with Gasteiger partial charge in [-0.3, -0.25) is 4.90 Å². The highest BCUT2D eigenvalue weighted by Crippen LogP contribution is 2.33. The average Bonchev–Trinajstić information content (AvgIpc) is 3.05. The molecule has 0 N–H and O–H groups in total. The Labute approximate surface area is 154 Å². The molecule has 0 saturated heterocycles. The van der Waals surface area contributed by atoms with E-state index in [1.807, 2.05) is 11.3 Å². The summed E-state index contributed by atoms with van der Waals surface area (Å²) in [6, 6.07) is 22.2. The first kappa shape index (κ1) is 16.6. The average molecular weight is 348 g/mol. The van der Waals surface area contributed by atoms with Crippen molar-refractivity contribution in [2.45, 2.75) is 32.2 Å². The molecule has 0 radical (unpaired) electrons. The Balaban J connectivity index is 1.51. The van der Waals surface area contributed by atoms with Crippen LogP contribution >= 0.6 is 11.3 Å². The summed E-state index contributed by atoms with van der Waals surface area (Å²) in [6.07, 6.45) is 2.30. The third kappa shape index (κ3) is 3.86. The van der Waals surface area contributed by atoms with Gasteiger partial charge in [-0.05, 0) is 53.5 Å². The first-order chi connectivity index (χ1) is 12.3. The molecule has 1 aromatic heterocycles. The summed E-state index contributed by atoms with van der Waals surface area (Å²) in [5, 5.41) is 2.23. The molecule has 1 aliphatic rings. The minimum Gasteiger partial charge on any atom is -0.298 e. The number of hydrogen-bond donors (Lipinski definition) is 0. The van der Waals surface area contributed by atoms with Gasteiger partial charge in [0.15, 0.2) is 0 Å². The van der Waals surface area contributed by atoms with E-state index >= 15 is 0 Å². The highest BCUT2D eigenvalue weighted by molar-refractivity contribution is 7.10. The lowest BCUT2D eigenvalue weighted by Gasteiger charge is -2.35. The highest BCUT2D eigenvalue weighted by atomic mass is 32.1. The summed E-state index contributed by atoms with van der Waals surface area (Å²) in [5.74, 6) is 0.609. The third-order valence-corrected chi connectivity index (χ3v) is 6.37. The molecular weight excluding hydrogens is 322 g/mol. The van der Waals surface area contributed by atoms with Crippen LogP contribution in [0.3, 0.4) is 0 Å². The van der Waals surface area contributed by atoms with Crippen molar-refractivity contribution in [1.82, 2.24) is 4.90 Å². The van der Waals surface area contributed by atoms with Gasteiger partial charge in [0.25, 0.3) is 0 Å². The van der Waals surface area contributed by atoms with E-state index in [1.165, 1.54) is 29.7 Å². The lowest BCUT2D eigenvalue weighted by molar-refractivity contribution is 0.232. The van der Waals surface area contributed by atoms with Crippen molar-refractivity contribution in [2.75, 3.05) is 13.1 Å². The van der Waals surface area contributed by atoms with Gasteiger partial charge in [-0.25, -0.2) is 0 Å². The van der Waals surface area contributed by atoms with Crippen LogP contribution in [0.2, 0.25) is 0 Å². The molecule has 4 rings (SSSR count). The van der Waals surface area contributed by atoms with E-state index in [1.54, 1.807) is 10.4 Å². The van der Waals surface area contributed by atoms with Crippen molar-refractivity contribution in [3.63, 3.8) is 0 Å². The van der Waals surface area contributed by atoms with Gasteiger partial charge in [0.05, 0.1) is 0 Å². The van der Waals surface area contributed by atoms with E-state index in [4.69, 9.17) is 0 Å². The van der Waals surface area contributed by atoms with Gasteiger partial charge in [-0.1, -0.05) is 54.6 Å². The Kier molecular flexibility index (Phi) is 5.00. The van der Waals surface area contributed by atoms with Crippen LogP contribution in [0.5, 0.6) is 0 Å². The molecular formula is C23H25NS. The number of thiophene rings is 1. The number of nitrogens with zero attached hydrogens (tertiary/aromatic N) is 1. The fourth-order valence-corrected chi connectivity index (χ4v) is 4.89. The van der Waals surface area contributed by atoms with Crippen LogP contribution in [-0.2, 0) is 19.4 Å². The van der Waals surface area contributed by atoms with Gasteiger partial charge < -0.3 is 0 Å². The zero-order chi connectivity index (χ0) is 17.1. The van der Waals surface area contributed by atoms with Crippen LogP contribution in [0.4, 0.5) is 0 Å². The second-order valence-electron chi connectivity index (χ2n) is 7.10. The summed E-state index contributed by atoms with van der Waals surface area (Å²) >= 11 is 1.91. The van der Waals surface area contributed by atoms with E-state index in [0.717, 1.165) is 19.5 Å². The summed E-state index contributed by atoms with van der Waals surface area (Å²) < 4.78 is 0. The Bertz CT molecular complexity index is 821. The Hall–Kier alpha value is -1.90. The first-order valence-electron chi connectivity index (χ1n) is 9.16. The predicted molar refractivity (Wildman–Crippen MR) is 107 cm³/mol. The van der Waals surface area contributed by atoms with Crippen LogP contribution in [-0.4, -0.2) is 18.0 Å². The molecule has 2 aromatic carbocycles. The first-order valence-corrected chi connectivity index (χ1v) is 10.0. The van der Waals surface area contributed by atoms with Crippen molar-refractivity contribution < 1.29 is 0 Å². The van der Waals surface area contributed by atoms with Crippen LogP contribution in [0, 0.1) is 6.92 Å². The standard InChI is InChI=1S/C23H25NS/c1-18-12-14-25-23(18)15-21-17-24(13-11-19-7-3-2-4-8-19)16-20-9-5-6-10-22(20)21/h2-10,12,14,21H,11,13,15-17H2,1H3. The van der Waals surface area contributed by atoms with E-state index in [2.05, 4.69) is 77.9 Å². The molecule has 2 heterocycles. The molecule has 1 nitrogen and oxygen atoms in total. The number of hydrogen-bond acceptors (Lipinski definition) is 2. The Morgan fingerprint density at radius 2 is 1.80 bits per heavy atom. The number of fused-ring (bicyclic) bond motifs is 1. The van der Waals surface area contributed by atoms with Crippen LogP contribution in [0.1, 0.15) is 33.0 Å². The maximum atomic E-state index is 2.64. The van der Waals surface area contributed by atoms with Crippen LogP contribution < -0.4 is 0 Å². The topological polar surface area (TPSA) is 3.24 Å². The van der Waals surface area contributed by atoms with Crippen molar-refractivity contribution in [2.24, 2.45) is 0 Å². The SMILES string of the molecule is Cc1ccsc1CC1CN(CCc2ccccc2)Cc2ccccc21. The van der Waals surface area contributed by atoms with Crippen LogP contribution in [0.25, 0.3) is 0 Å². The third-order valence-electron chi connectivity index (χ3n) is 5.33. The van der Waals surface area contributed by atoms with Crippen LogP contribution in [0.15, 0.2) is 66.0 Å². The van der Waals surface area contributed by atoms with Crippen molar-refractivity contribution >= 4 is 11.3 Å². The molecule has 25 heavy (non-hydrogen) atoms. The molecule has 0 bridgehead atoms. The normalized spacial score (nSPS) is 17.4. The van der Waals surface area contributed by atoms with Crippen molar-refractivity contribution in [1.29, 1.82) is 0 Å². The fourth-order valence-electron chi connectivity index (χ4n) is 3.91. The quantitative estimate of drug-likeness (QED) is 0.594. The molecule has 0 amide bonds. The van der Waals surface area contributed by atoms with Gasteiger partial charge in [-0.2, -0.15) is 0 Å². The molecule has 0 aliphatic carbocycles. The second-order valence-corrected chi connectivity index (χ2v) is 8.10.